The van der Waals surface area contributed by atoms with Gasteiger partial charge in [0.25, 0.3) is 0 Å². The second kappa shape index (κ2) is 8.95. The number of anilines is 3. The van der Waals surface area contributed by atoms with E-state index in [9.17, 15) is 0 Å². The third-order valence-electron chi connectivity index (χ3n) is 7.21. The van der Waals surface area contributed by atoms with Gasteiger partial charge in [0.1, 0.15) is 17.5 Å². The lowest BCUT2D eigenvalue weighted by molar-refractivity contribution is 0.261. The average molecular weight is 443 g/mol. The van der Waals surface area contributed by atoms with E-state index in [1.54, 1.807) is 0 Å². The summed E-state index contributed by atoms with van der Waals surface area (Å²) in [7, 11) is 0. The maximum atomic E-state index is 9.15. The normalized spacial score (nSPS) is 21.6. The third kappa shape index (κ3) is 4.14. The summed E-state index contributed by atoms with van der Waals surface area (Å²) < 4.78 is 0. The predicted molar refractivity (Wildman–Crippen MR) is 129 cm³/mol. The van der Waals surface area contributed by atoms with Gasteiger partial charge >= 0.3 is 0 Å². The van der Waals surface area contributed by atoms with Crippen LogP contribution in [0.15, 0.2) is 12.1 Å². The van der Waals surface area contributed by atoms with Crippen molar-refractivity contribution in [3.8, 4) is 0 Å². The highest BCUT2D eigenvalue weighted by atomic mass is 35.5. The molecule has 1 aromatic heterocycles. The molecule has 1 fully saturated rings. The number of aliphatic hydroxyl groups is 1. The molecule has 1 saturated heterocycles. The van der Waals surface area contributed by atoms with Crippen molar-refractivity contribution >= 4 is 28.9 Å². The fraction of sp³-hybridized carbons (Fsp3) is 0.600. The van der Waals surface area contributed by atoms with E-state index < -0.39 is 0 Å². The van der Waals surface area contributed by atoms with E-state index in [-0.39, 0.29) is 0 Å². The predicted octanol–water partition coefficient (Wildman–Crippen LogP) is 5.69. The molecule has 0 saturated carbocycles. The number of hydrogen-bond donors (Lipinski definition) is 1. The summed E-state index contributed by atoms with van der Waals surface area (Å²) in [6, 6.07) is 4.39. The van der Waals surface area contributed by atoms with Crippen LogP contribution in [0.5, 0.6) is 0 Å². The Morgan fingerprint density at radius 1 is 1.03 bits per heavy atom. The van der Waals surface area contributed by atoms with Gasteiger partial charge in [-0.25, -0.2) is 9.97 Å². The summed E-state index contributed by atoms with van der Waals surface area (Å²) in [6.07, 6.45) is 4.37. The number of halogens is 1. The van der Waals surface area contributed by atoms with Crippen molar-refractivity contribution in [2.45, 2.75) is 72.3 Å². The van der Waals surface area contributed by atoms with Crippen LogP contribution in [0.2, 0.25) is 5.02 Å². The molecule has 2 atom stereocenters. The maximum absolute atomic E-state index is 9.15. The van der Waals surface area contributed by atoms with Gasteiger partial charge in [-0.1, -0.05) is 18.5 Å². The quantitative estimate of drug-likeness (QED) is 0.644. The molecular weight excluding hydrogens is 408 g/mol. The summed E-state index contributed by atoms with van der Waals surface area (Å²) in [5.41, 5.74) is 4.86. The number of rotatable bonds is 5. The Kier molecular flexibility index (Phi) is 6.45. The minimum Gasteiger partial charge on any atom is -0.396 e. The number of nitrogens with zero attached hydrogens (tertiary/aromatic N) is 4. The number of aliphatic hydroxyl groups excluding tert-OH is 1. The van der Waals surface area contributed by atoms with Crippen LogP contribution in [0.25, 0.3) is 0 Å². The first kappa shape index (κ1) is 22.3. The number of fused-ring (bicyclic) bond motifs is 1. The van der Waals surface area contributed by atoms with E-state index in [1.165, 1.54) is 35.2 Å². The second-order valence-corrected chi connectivity index (χ2v) is 9.85. The minimum atomic E-state index is 0.297. The molecule has 1 N–H and O–H groups in total. The van der Waals surface area contributed by atoms with Gasteiger partial charge in [0.2, 0.25) is 0 Å². The number of aryl methyl sites for hydroxylation is 3. The van der Waals surface area contributed by atoms with Crippen LogP contribution < -0.4 is 9.80 Å². The van der Waals surface area contributed by atoms with E-state index in [0.29, 0.717) is 24.5 Å². The molecule has 5 nitrogen and oxygen atoms in total. The zero-order chi connectivity index (χ0) is 22.3. The van der Waals surface area contributed by atoms with E-state index in [0.717, 1.165) is 48.4 Å². The minimum absolute atomic E-state index is 0.297. The Morgan fingerprint density at radius 3 is 2.26 bits per heavy atom. The highest BCUT2D eigenvalue weighted by Crippen LogP contribution is 2.49. The summed E-state index contributed by atoms with van der Waals surface area (Å²) in [5.74, 6) is 4.05. The largest absolute Gasteiger partial charge is 0.396 e. The number of benzene rings is 1. The maximum Gasteiger partial charge on any atom is 0.142 e. The first-order valence-electron chi connectivity index (χ1n) is 11.6. The number of piperidine rings is 1. The molecule has 4 rings (SSSR count). The molecule has 2 aliphatic rings. The fourth-order valence-corrected chi connectivity index (χ4v) is 5.77. The monoisotopic (exact) mass is 442 g/mol. The summed E-state index contributed by atoms with van der Waals surface area (Å²) in [5, 5.41) is 9.93. The van der Waals surface area contributed by atoms with E-state index >= 15 is 0 Å². The Bertz CT molecular complexity index is 932. The second-order valence-electron chi connectivity index (χ2n) is 9.42. The van der Waals surface area contributed by atoms with Gasteiger partial charge in [-0.2, -0.15) is 0 Å². The van der Waals surface area contributed by atoms with Gasteiger partial charge < -0.3 is 14.9 Å². The molecule has 2 aliphatic heterocycles. The Morgan fingerprint density at radius 2 is 1.65 bits per heavy atom. The smallest absolute Gasteiger partial charge is 0.142 e. The van der Waals surface area contributed by atoms with E-state index in [2.05, 4.69) is 37.5 Å². The average Bonchev–Trinajstić information content (AvgIpc) is 2.96. The summed E-state index contributed by atoms with van der Waals surface area (Å²) >= 11 is 6.32. The molecule has 3 heterocycles. The van der Waals surface area contributed by atoms with Crippen LogP contribution in [0.1, 0.15) is 68.0 Å². The molecule has 0 amide bonds. The molecule has 0 aliphatic carbocycles. The molecule has 0 spiro atoms. The first-order valence-corrected chi connectivity index (χ1v) is 12.0. The van der Waals surface area contributed by atoms with Gasteiger partial charge in [0.05, 0.1) is 0 Å². The van der Waals surface area contributed by atoms with Crippen molar-refractivity contribution in [1.29, 1.82) is 0 Å². The molecular formula is C25H35ClN4O. The van der Waals surface area contributed by atoms with Crippen LogP contribution in [0.4, 0.5) is 17.3 Å². The third-order valence-corrected chi connectivity index (χ3v) is 7.43. The summed E-state index contributed by atoms with van der Waals surface area (Å²) in [6.45, 7) is 13.2. The molecule has 0 radical (unpaired) electrons. The van der Waals surface area contributed by atoms with E-state index in [1.807, 2.05) is 19.1 Å². The zero-order valence-electron chi connectivity index (χ0n) is 19.5. The van der Waals surface area contributed by atoms with Gasteiger partial charge in [-0.3, -0.25) is 0 Å². The van der Waals surface area contributed by atoms with Gasteiger partial charge in [-0.05, 0) is 82.6 Å². The number of aromatic nitrogens is 2. The molecule has 6 heteroatoms. The van der Waals surface area contributed by atoms with E-state index in [4.69, 9.17) is 26.7 Å². The van der Waals surface area contributed by atoms with Crippen LogP contribution in [0, 0.1) is 26.7 Å². The van der Waals surface area contributed by atoms with Crippen molar-refractivity contribution in [2.24, 2.45) is 5.92 Å². The van der Waals surface area contributed by atoms with Crippen molar-refractivity contribution < 1.29 is 5.11 Å². The Hall–Kier alpha value is -1.85. The molecule has 2 unspecified atom stereocenters. The SMILES string of the molecule is Cc1nc(N2CCC(CCCO)CC2)c2c(n1)N(c1c(C)cc(Cl)cc1C)C(C)C2C. The number of hydrogen-bond acceptors (Lipinski definition) is 5. The van der Waals surface area contributed by atoms with Crippen LogP contribution >= 0.6 is 11.6 Å². The summed E-state index contributed by atoms with van der Waals surface area (Å²) in [4.78, 5) is 14.8. The standard InChI is InChI=1S/C25H35ClN4O/c1-15-13-21(26)14-16(2)23(15)30-18(4)17(3)22-24(27-19(5)28-25(22)30)29-10-8-20(9-11-29)7-6-12-31/h13-14,17-18,20,31H,6-12H2,1-5H3. The lowest BCUT2D eigenvalue weighted by Gasteiger charge is -2.34. The van der Waals surface area contributed by atoms with Crippen LogP contribution in [-0.4, -0.2) is 40.8 Å². The fourth-order valence-electron chi connectivity index (χ4n) is 5.45. The molecule has 1 aromatic carbocycles. The Balaban J connectivity index is 1.72. The Labute approximate surface area is 191 Å². The molecule has 31 heavy (non-hydrogen) atoms. The van der Waals surface area contributed by atoms with Crippen LogP contribution in [-0.2, 0) is 0 Å². The topological polar surface area (TPSA) is 52.5 Å². The van der Waals surface area contributed by atoms with Crippen molar-refractivity contribution in [2.75, 3.05) is 29.5 Å². The highest BCUT2D eigenvalue weighted by molar-refractivity contribution is 6.30. The van der Waals surface area contributed by atoms with Crippen molar-refractivity contribution in [3.05, 3.63) is 39.7 Å². The van der Waals surface area contributed by atoms with Crippen LogP contribution in [0.3, 0.4) is 0 Å². The highest BCUT2D eigenvalue weighted by Gasteiger charge is 2.40. The molecule has 0 bridgehead atoms. The van der Waals surface area contributed by atoms with Gasteiger partial charge in [0, 0.05) is 47.9 Å². The zero-order valence-corrected chi connectivity index (χ0v) is 20.2. The van der Waals surface area contributed by atoms with Gasteiger partial charge in [0.15, 0.2) is 0 Å². The molecule has 2 aromatic rings. The lowest BCUT2D eigenvalue weighted by atomic mass is 9.91. The first-order chi connectivity index (χ1) is 14.8. The lowest BCUT2D eigenvalue weighted by Crippen LogP contribution is -2.35. The molecule has 168 valence electrons. The van der Waals surface area contributed by atoms with Gasteiger partial charge in [-0.15, -0.1) is 0 Å². The van der Waals surface area contributed by atoms with Crippen molar-refractivity contribution in [1.82, 2.24) is 9.97 Å². The van der Waals surface area contributed by atoms with Crippen molar-refractivity contribution in [3.63, 3.8) is 0 Å².